The SMILES string of the molecule is COc1cc(N2CCC3(CC2)CN(CC#N)c2ccccc23)ncn1. The molecule has 4 rings (SSSR count). The zero-order valence-corrected chi connectivity index (χ0v) is 14.4. The summed E-state index contributed by atoms with van der Waals surface area (Å²) in [6, 6.07) is 12.7. The van der Waals surface area contributed by atoms with Crippen LogP contribution in [0, 0.1) is 11.3 Å². The van der Waals surface area contributed by atoms with Crippen molar-refractivity contribution in [2.45, 2.75) is 18.3 Å². The van der Waals surface area contributed by atoms with Gasteiger partial charge in [0, 0.05) is 36.8 Å². The molecular formula is C19H21N5O. The van der Waals surface area contributed by atoms with Crippen molar-refractivity contribution in [2.24, 2.45) is 0 Å². The first-order chi connectivity index (χ1) is 12.3. The van der Waals surface area contributed by atoms with E-state index in [0.717, 1.165) is 38.3 Å². The number of methoxy groups -OCH3 is 1. The molecule has 0 bridgehead atoms. The maximum absolute atomic E-state index is 9.15. The Morgan fingerprint density at radius 3 is 2.80 bits per heavy atom. The fourth-order valence-corrected chi connectivity index (χ4v) is 4.17. The van der Waals surface area contributed by atoms with Crippen molar-refractivity contribution in [1.29, 1.82) is 5.26 Å². The van der Waals surface area contributed by atoms with Crippen LogP contribution < -0.4 is 14.5 Å². The first kappa shape index (κ1) is 15.7. The van der Waals surface area contributed by atoms with Gasteiger partial charge in [-0.2, -0.15) is 5.26 Å². The normalized spacial score (nSPS) is 18.1. The molecule has 2 aliphatic heterocycles. The summed E-state index contributed by atoms with van der Waals surface area (Å²) in [5.41, 5.74) is 2.76. The quantitative estimate of drug-likeness (QED) is 0.802. The van der Waals surface area contributed by atoms with Crippen molar-refractivity contribution in [3.05, 3.63) is 42.2 Å². The number of ether oxygens (including phenoxy) is 1. The van der Waals surface area contributed by atoms with Gasteiger partial charge in [-0.05, 0) is 24.5 Å². The zero-order valence-electron chi connectivity index (χ0n) is 14.4. The first-order valence-electron chi connectivity index (χ1n) is 8.58. The smallest absolute Gasteiger partial charge is 0.218 e. The molecule has 2 aliphatic rings. The third-order valence-corrected chi connectivity index (χ3v) is 5.45. The minimum Gasteiger partial charge on any atom is -0.481 e. The highest BCUT2D eigenvalue weighted by Gasteiger charge is 2.44. The number of benzene rings is 1. The predicted molar refractivity (Wildman–Crippen MR) is 96.0 cm³/mol. The molecule has 128 valence electrons. The summed E-state index contributed by atoms with van der Waals surface area (Å²) in [6.07, 6.45) is 3.66. The standard InChI is InChI=1S/C19H21N5O/c1-25-18-12-17(21-14-22-18)23-9-6-19(7-10-23)13-24(11-8-20)16-5-3-2-4-15(16)19/h2-5,12,14H,6-7,9-11,13H2,1H3. The zero-order chi connectivity index (χ0) is 17.3. The molecule has 6 nitrogen and oxygen atoms in total. The van der Waals surface area contributed by atoms with E-state index in [1.807, 2.05) is 6.07 Å². The van der Waals surface area contributed by atoms with Gasteiger partial charge in [0.05, 0.1) is 13.2 Å². The second-order valence-electron chi connectivity index (χ2n) is 6.72. The van der Waals surface area contributed by atoms with Crippen LogP contribution >= 0.6 is 0 Å². The Labute approximate surface area is 147 Å². The van der Waals surface area contributed by atoms with Crippen molar-refractivity contribution in [1.82, 2.24) is 9.97 Å². The summed E-state index contributed by atoms with van der Waals surface area (Å²) < 4.78 is 5.21. The molecule has 1 aromatic carbocycles. The number of aromatic nitrogens is 2. The van der Waals surface area contributed by atoms with Crippen LogP contribution in [0.1, 0.15) is 18.4 Å². The average molecular weight is 335 g/mol. The largest absolute Gasteiger partial charge is 0.481 e. The van der Waals surface area contributed by atoms with Gasteiger partial charge in [0.25, 0.3) is 0 Å². The minimum absolute atomic E-state index is 0.140. The van der Waals surface area contributed by atoms with Crippen LogP contribution in [0.4, 0.5) is 11.5 Å². The lowest BCUT2D eigenvalue weighted by Gasteiger charge is -2.40. The van der Waals surface area contributed by atoms with Crippen LogP contribution in [-0.4, -0.2) is 43.3 Å². The number of hydrogen-bond acceptors (Lipinski definition) is 6. The Morgan fingerprint density at radius 2 is 2.04 bits per heavy atom. The molecule has 3 heterocycles. The van der Waals surface area contributed by atoms with Crippen molar-refractivity contribution < 1.29 is 4.74 Å². The van der Waals surface area contributed by atoms with Gasteiger partial charge >= 0.3 is 0 Å². The summed E-state index contributed by atoms with van der Waals surface area (Å²) in [7, 11) is 1.62. The van der Waals surface area contributed by atoms with Crippen molar-refractivity contribution in [2.75, 3.05) is 43.1 Å². The van der Waals surface area contributed by atoms with Gasteiger partial charge in [-0.3, -0.25) is 0 Å². The van der Waals surface area contributed by atoms with Gasteiger partial charge in [-0.25, -0.2) is 9.97 Å². The molecule has 0 atom stereocenters. The number of nitrogens with zero attached hydrogens (tertiary/aromatic N) is 5. The van der Waals surface area contributed by atoms with E-state index in [1.165, 1.54) is 11.3 Å². The highest BCUT2D eigenvalue weighted by Crippen LogP contribution is 2.47. The van der Waals surface area contributed by atoms with E-state index in [-0.39, 0.29) is 5.41 Å². The lowest BCUT2D eigenvalue weighted by Crippen LogP contribution is -2.45. The maximum atomic E-state index is 9.15. The molecule has 1 fully saturated rings. The fraction of sp³-hybridized carbons (Fsp3) is 0.421. The monoisotopic (exact) mass is 335 g/mol. The Hall–Kier alpha value is -2.81. The predicted octanol–water partition coefficient (Wildman–Crippen LogP) is 2.37. The topological polar surface area (TPSA) is 65.3 Å². The molecule has 0 radical (unpaired) electrons. The number of nitriles is 1. The molecule has 6 heteroatoms. The second-order valence-corrected chi connectivity index (χ2v) is 6.72. The van der Waals surface area contributed by atoms with Crippen LogP contribution in [-0.2, 0) is 5.41 Å². The van der Waals surface area contributed by atoms with E-state index in [2.05, 4.69) is 50.1 Å². The third kappa shape index (κ3) is 2.66. The van der Waals surface area contributed by atoms with E-state index in [9.17, 15) is 0 Å². The molecule has 0 N–H and O–H groups in total. The highest BCUT2D eigenvalue weighted by atomic mass is 16.5. The van der Waals surface area contributed by atoms with Gasteiger partial charge in [-0.1, -0.05) is 18.2 Å². The molecule has 25 heavy (non-hydrogen) atoms. The molecule has 0 amide bonds. The van der Waals surface area contributed by atoms with Crippen molar-refractivity contribution in [3.63, 3.8) is 0 Å². The Balaban J connectivity index is 1.56. The number of rotatable bonds is 3. The number of piperidine rings is 1. The molecular weight excluding hydrogens is 314 g/mol. The van der Waals surface area contributed by atoms with Crippen LogP contribution in [0.15, 0.2) is 36.7 Å². The second kappa shape index (κ2) is 6.25. The van der Waals surface area contributed by atoms with E-state index >= 15 is 0 Å². The summed E-state index contributed by atoms with van der Waals surface area (Å²) >= 11 is 0. The fourth-order valence-electron chi connectivity index (χ4n) is 4.17. The average Bonchev–Trinajstić information content (AvgIpc) is 2.96. The van der Waals surface area contributed by atoms with Crippen LogP contribution in [0.2, 0.25) is 0 Å². The lowest BCUT2D eigenvalue weighted by atomic mass is 9.74. The van der Waals surface area contributed by atoms with E-state index in [1.54, 1.807) is 13.4 Å². The maximum Gasteiger partial charge on any atom is 0.218 e. The molecule has 0 saturated carbocycles. The van der Waals surface area contributed by atoms with E-state index in [4.69, 9.17) is 10.00 Å². The number of anilines is 2. The summed E-state index contributed by atoms with van der Waals surface area (Å²) in [5.74, 6) is 1.51. The Morgan fingerprint density at radius 1 is 1.24 bits per heavy atom. The van der Waals surface area contributed by atoms with Crippen LogP contribution in [0.25, 0.3) is 0 Å². The highest BCUT2D eigenvalue weighted by molar-refractivity contribution is 5.63. The van der Waals surface area contributed by atoms with E-state index in [0.29, 0.717) is 12.4 Å². The minimum atomic E-state index is 0.140. The van der Waals surface area contributed by atoms with E-state index < -0.39 is 0 Å². The van der Waals surface area contributed by atoms with Gasteiger partial charge in [0.2, 0.25) is 5.88 Å². The summed E-state index contributed by atoms with van der Waals surface area (Å²) in [4.78, 5) is 13.0. The Bertz CT molecular complexity index is 807. The molecule has 2 aromatic rings. The van der Waals surface area contributed by atoms with Crippen molar-refractivity contribution in [3.8, 4) is 11.9 Å². The van der Waals surface area contributed by atoms with Crippen molar-refractivity contribution >= 4 is 11.5 Å². The molecule has 1 aromatic heterocycles. The van der Waals surface area contributed by atoms with Crippen LogP contribution in [0.3, 0.4) is 0 Å². The number of para-hydroxylation sites is 1. The molecule has 0 aliphatic carbocycles. The van der Waals surface area contributed by atoms with Gasteiger partial charge in [-0.15, -0.1) is 0 Å². The van der Waals surface area contributed by atoms with Gasteiger partial charge in [0.1, 0.15) is 18.7 Å². The molecule has 0 unspecified atom stereocenters. The molecule has 1 spiro atoms. The summed E-state index contributed by atoms with van der Waals surface area (Å²) in [5, 5.41) is 9.15. The van der Waals surface area contributed by atoms with Gasteiger partial charge < -0.3 is 14.5 Å². The number of hydrogen-bond donors (Lipinski definition) is 0. The van der Waals surface area contributed by atoms with Gasteiger partial charge in [0.15, 0.2) is 0 Å². The summed E-state index contributed by atoms with van der Waals surface area (Å²) in [6.45, 7) is 3.26. The van der Waals surface area contributed by atoms with Crippen LogP contribution in [0.5, 0.6) is 5.88 Å². The Kier molecular flexibility index (Phi) is 3.92. The lowest BCUT2D eigenvalue weighted by molar-refractivity contribution is 0.350. The first-order valence-corrected chi connectivity index (χ1v) is 8.58. The molecule has 1 saturated heterocycles. The third-order valence-electron chi connectivity index (χ3n) is 5.45. The number of fused-ring (bicyclic) bond motifs is 2.